The minimum Gasteiger partial charge on any atom is -0.481 e. The molecule has 1 unspecified atom stereocenters. The maximum atomic E-state index is 12.3. The summed E-state index contributed by atoms with van der Waals surface area (Å²) in [5.74, 6) is -1.43. The Morgan fingerprint density at radius 3 is 2.74 bits per heavy atom. The molecule has 1 rings (SSSR count). The van der Waals surface area contributed by atoms with E-state index in [0.717, 1.165) is 0 Å². The van der Waals surface area contributed by atoms with E-state index >= 15 is 0 Å². The smallest absolute Gasteiger partial charge is 0.303 e. The second-order valence-corrected chi connectivity index (χ2v) is 4.24. The fourth-order valence-electron chi connectivity index (χ4n) is 1.64. The van der Waals surface area contributed by atoms with Gasteiger partial charge in [-0.3, -0.25) is 9.59 Å². The van der Waals surface area contributed by atoms with Gasteiger partial charge in [-0.05, 0) is 25.5 Å². The highest BCUT2D eigenvalue weighted by atomic mass is 19.3. The SMILES string of the molecule is CC(CCC(=O)O)NC(=O)c1cccn1CC(F)F. The predicted molar refractivity (Wildman–Crippen MR) is 64.2 cm³/mol. The van der Waals surface area contributed by atoms with Crippen molar-refractivity contribution in [2.24, 2.45) is 0 Å². The third-order valence-corrected chi connectivity index (χ3v) is 2.57. The van der Waals surface area contributed by atoms with E-state index in [4.69, 9.17) is 5.11 Å². The number of nitrogens with zero attached hydrogens (tertiary/aromatic N) is 1. The molecule has 1 atom stereocenters. The van der Waals surface area contributed by atoms with E-state index in [0.29, 0.717) is 0 Å². The van der Waals surface area contributed by atoms with Gasteiger partial charge >= 0.3 is 5.97 Å². The van der Waals surface area contributed by atoms with Gasteiger partial charge in [0.25, 0.3) is 12.3 Å². The molecule has 0 aliphatic rings. The van der Waals surface area contributed by atoms with Crippen LogP contribution in [-0.2, 0) is 11.3 Å². The first kappa shape index (κ1) is 15.1. The summed E-state index contributed by atoms with van der Waals surface area (Å²) in [6.45, 7) is 1.13. The van der Waals surface area contributed by atoms with E-state index in [1.807, 2.05) is 0 Å². The van der Waals surface area contributed by atoms with Crippen molar-refractivity contribution < 1.29 is 23.5 Å². The third-order valence-electron chi connectivity index (χ3n) is 2.57. The van der Waals surface area contributed by atoms with Gasteiger partial charge in [0.1, 0.15) is 5.69 Å². The number of amides is 1. The second kappa shape index (κ2) is 6.86. The average molecular weight is 274 g/mol. The van der Waals surface area contributed by atoms with Crippen LogP contribution >= 0.6 is 0 Å². The number of hydrogen-bond donors (Lipinski definition) is 2. The normalized spacial score (nSPS) is 12.4. The van der Waals surface area contributed by atoms with Crippen LogP contribution in [0.25, 0.3) is 0 Å². The molecule has 0 saturated carbocycles. The quantitative estimate of drug-likeness (QED) is 0.795. The Hall–Kier alpha value is -1.92. The zero-order chi connectivity index (χ0) is 14.4. The molecule has 5 nitrogen and oxygen atoms in total. The van der Waals surface area contributed by atoms with E-state index in [-0.39, 0.29) is 24.6 Å². The van der Waals surface area contributed by atoms with E-state index in [2.05, 4.69) is 5.32 Å². The number of aromatic nitrogens is 1. The molecule has 0 radical (unpaired) electrons. The molecule has 0 aliphatic heterocycles. The molecule has 1 aromatic rings. The Labute approximate surface area is 109 Å². The summed E-state index contributed by atoms with van der Waals surface area (Å²) in [6, 6.07) is 2.62. The first-order valence-corrected chi connectivity index (χ1v) is 5.86. The molecular weight excluding hydrogens is 258 g/mol. The highest BCUT2D eigenvalue weighted by Gasteiger charge is 2.16. The highest BCUT2D eigenvalue weighted by Crippen LogP contribution is 2.07. The Kier molecular flexibility index (Phi) is 5.47. The van der Waals surface area contributed by atoms with Crippen LogP contribution in [0.3, 0.4) is 0 Å². The van der Waals surface area contributed by atoms with Crippen LogP contribution in [0.5, 0.6) is 0 Å². The third kappa shape index (κ3) is 5.07. The molecule has 1 aromatic heterocycles. The Morgan fingerprint density at radius 2 is 2.16 bits per heavy atom. The Balaban J connectivity index is 2.58. The Bertz CT molecular complexity index is 446. The fraction of sp³-hybridized carbons (Fsp3) is 0.500. The molecule has 0 aliphatic carbocycles. The average Bonchev–Trinajstić information content (AvgIpc) is 2.73. The van der Waals surface area contributed by atoms with Gasteiger partial charge in [0.2, 0.25) is 0 Å². The number of carbonyl (C=O) groups is 2. The lowest BCUT2D eigenvalue weighted by Gasteiger charge is -2.14. The molecule has 0 fully saturated rings. The van der Waals surface area contributed by atoms with Crippen LogP contribution in [0.1, 0.15) is 30.3 Å². The van der Waals surface area contributed by atoms with E-state index in [1.54, 1.807) is 6.92 Å². The Morgan fingerprint density at radius 1 is 1.47 bits per heavy atom. The monoisotopic (exact) mass is 274 g/mol. The number of alkyl halides is 2. The molecule has 0 aromatic carbocycles. The number of carbonyl (C=O) groups excluding carboxylic acids is 1. The zero-order valence-electron chi connectivity index (χ0n) is 10.5. The van der Waals surface area contributed by atoms with E-state index < -0.39 is 24.8 Å². The van der Waals surface area contributed by atoms with Gasteiger partial charge in [0.15, 0.2) is 0 Å². The van der Waals surface area contributed by atoms with Crippen LogP contribution in [0.15, 0.2) is 18.3 Å². The first-order valence-electron chi connectivity index (χ1n) is 5.86. The summed E-state index contributed by atoms with van der Waals surface area (Å²) in [4.78, 5) is 22.2. The molecule has 7 heteroatoms. The standard InChI is InChI=1S/C12H16F2N2O3/c1-8(4-5-11(17)18)15-12(19)9-3-2-6-16(9)7-10(13)14/h2-3,6,8,10H,4-5,7H2,1H3,(H,15,19)(H,17,18). The van der Waals surface area contributed by atoms with Gasteiger partial charge in [0.05, 0.1) is 6.54 Å². The van der Waals surface area contributed by atoms with Gasteiger partial charge in [0, 0.05) is 18.7 Å². The lowest BCUT2D eigenvalue weighted by molar-refractivity contribution is -0.137. The number of rotatable bonds is 7. The predicted octanol–water partition coefficient (Wildman–Crippen LogP) is 1.74. The number of carboxylic acids is 1. The van der Waals surface area contributed by atoms with Gasteiger partial charge in [-0.1, -0.05) is 0 Å². The number of carboxylic acid groups (broad SMARTS) is 1. The van der Waals surface area contributed by atoms with Crippen molar-refractivity contribution in [3.63, 3.8) is 0 Å². The van der Waals surface area contributed by atoms with Crippen LogP contribution < -0.4 is 5.32 Å². The summed E-state index contributed by atoms with van der Waals surface area (Å²) < 4.78 is 25.8. The van der Waals surface area contributed by atoms with Crippen LogP contribution in [-0.4, -0.2) is 34.0 Å². The summed E-state index contributed by atoms with van der Waals surface area (Å²) in [5.41, 5.74) is 0.141. The highest BCUT2D eigenvalue weighted by molar-refractivity contribution is 5.92. The largest absolute Gasteiger partial charge is 0.481 e. The fourth-order valence-corrected chi connectivity index (χ4v) is 1.64. The lowest BCUT2D eigenvalue weighted by Crippen LogP contribution is -2.34. The van der Waals surface area contributed by atoms with Crippen LogP contribution in [0, 0.1) is 0 Å². The van der Waals surface area contributed by atoms with Crippen LogP contribution in [0.2, 0.25) is 0 Å². The molecule has 106 valence electrons. The van der Waals surface area contributed by atoms with Crippen molar-refractivity contribution in [2.45, 2.75) is 38.8 Å². The minimum atomic E-state index is -2.54. The van der Waals surface area contributed by atoms with Crippen molar-refractivity contribution in [1.82, 2.24) is 9.88 Å². The first-order chi connectivity index (χ1) is 8.90. The molecule has 1 heterocycles. The zero-order valence-corrected chi connectivity index (χ0v) is 10.5. The van der Waals surface area contributed by atoms with Crippen molar-refractivity contribution in [2.75, 3.05) is 0 Å². The molecule has 0 spiro atoms. The maximum Gasteiger partial charge on any atom is 0.303 e. The summed E-state index contributed by atoms with van der Waals surface area (Å²) in [7, 11) is 0. The van der Waals surface area contributed by atoms with E-state index in [9.17, 15) is 18.4 Å². The number of aliphatic carboxylic acids is 1. The van der Waals surface area contributed by atoms with Crippen molar-refractivity contribution in [3.05, 3.63) is 24.0 Å². The van der Waals surface area contributed by atoms with Gasteiger partial charge in [-0.25, -0.2) is 8.78 Å². The van der Waals surface area contributed by atoms with Crippen molar-refractivity contribution in [3.8, 4) is 0 Å². The number of halogens is 2. The second-order valence-electron chi connectivity index (χ2n) is 4.24. The molecule has 19 heavy (non-hydrogen) atoms. The van der Waals surface area contributed by atoms with Gasteiger partial charge < -0.3 is 15.0 Å². The van der Waals surface area contributed by atoms with Crippen LogP contribution in [0.4, 0.5) is 8.78 Å². The van der Waals surface area contributed by atoms with Crippen molar-refractivity contribution >= 4 is 11.9 Å². The minimum absolute atomic E-state index is 0.0561. The molecule has 2 N–H and O–H groups in total. The van der Waals surface area contributed by atoms with Crippen molar-refractivity contribution in [1.29, 1.82) is 0 Å². The topological polar surface area (TPSA) is 71.3 Å². The molecule has 0 bridgehead atoms. The van der Waals surface area contributed by atoms with Gasteiger partial charge in [-0.15, -0.1) is 0 Å². The molecule has 1 amide bonds. The molecular formula is C12H16F2N2O3. The summed E-state index contributed by atoms with van der Waals surface area (Å²) in [5, 5.41) is 11.1. The lowest BCUT2D eigenvalue weighted by atomic mass is 10.2. The summed E-state index contributed by atoms with van der Waals surface area (Å²) >= 11 is 0. The number of nitrogens with one attached hydrogen (secondary N) is 1. The maximum absolute atomic E-state index is 12.3. The number of hydrogen-bond acceptors (Lipinski definition) is 2. The molecule has 0 saturated heterocycles. The summed E-state index contributed by atoms with van der Waals surface area (Å²) in [6.07, 6.45) is -0.901. The van der Waals surface area contributed by atoms with E-state index in [1.165, 1.54) is 22.9 Å². The van der Waals surface area contributed by atoms with Gasteiger partial charge in [-0.2, -0.15) is 0 Å².